The minimum Gasteiger partial charge on any atom is -0.494 e. The number of anilines is 1. The van der Waals surface area contributed by atoms with Crippen LogP contribution in [0.15, 0.2) is 18.2 Å². The molecule has 0 saturated carbocycles. The lowest BCUT2D eigenvalue weighted by Crippen LogP contribution is -2.42. The normalized spacial score (nSPS) is 11.6. The van der Waals surface area contributed by atoms with Gasteiger partial charge in [0, 0.05) is 18.8 Å². The van der Waals surface area contributed by atoms with Gasteiger partial charge in [-0.05, 0) is 19.1 Å². The van der Waals surface area contributed by atoms with Gasteiger partial charge in [0.15, 0.2) is 11.6 Å². The molecule has 0 aromatic heterocycles. The van der Waals surface area contributed by atoms with Crippen LogP contribution in [0.3, 0.4) is 0 Å². The number of ether oxygens (including phenoxy) is 1. The van der Waals surface area contributed by atoms with E-state index in [1.165, 1.54) is 33.2 Å². The average Bonchev–Trinajstić information content (AvgIpc) is 2.38. The summed E-state index contributed by atoms with van der Waals surface area (Å²) in [6, 6.07) is 2.24. The third-order valence-corrected chi connectivity index (χ3v) is 2.66. The molecule has 2 N–H and O–H groups in total. The third-order valence-electron chi connectivity index (χ3n) is 2.66. The lowest BCUT2D eigenvalue weighted by Gasteiger charge is -2.22. The van der Waals surface area contributed by atoms with E-state index in [-0.39, 0.29) is 5.75 Å². The SMILES string of the molecule is COc1cc(NC(=O)N(C)C(C)C(=O)O)ccc1F. The van der Waals surface area contributed by atoms with E-state index < -0.39 is 23.9 Å². The Bertz CT molecular complexity index is 493. The monoisotopic (exact) mass is 270 g/mol. The van der Waals surface area contributed by atoms with Gasteiger partial charge < -0.3 is 20.1 Å². The van der Waals surface area contributed by atoms with Crippen LogP contribution in [0.25, 0.3) is 0 Å². The van der Waals surface area contributed by atoms with Crippen molar-refractivity contribution in [1.82, 2.24) is 4.90 Å². The van der Waals surface area contributed by atoms with Gasteiger partial charge in [-0.25, -0.2) is 14.0 Å². The molecule has 0 heterocycles. The molecule has 0 radical (unpaired) electrons. The third kappa shape index (κ3) is 3.57. The highest BCUT2D eigenvalue weighted by atomic mass is 19.1. The largest absolute Gasteiger partial charge is 0.494 e. The molecule has 104 valence electrons. The zero-order valence-corrected chi connectivity index (χ0v) is 10.8. The van der Waals surface area contributed by atoms with Crippen molar-refractivity contribution in [2.24, 2.45) is 0 Å². The van der Waals surface area contributed by atoms with Crippen molar-refractivity contribution in [1.29, 1.82) is 0 Å². The van der Waals surface area contributed by atoms with Crippen LogP contribution in [0.2, 0.25) is 0 Å². The summed E-state index contributed by atoms with van der Waals surface area (Å²) < 4.78 is 18.0. The van der Waals surface area contributed by atoms with Gasteiger partial charge in [0.05, 0.1) is 7.11 Å². The summed E-state index contributed by atoms with van der Waals surface area (Å²) in [4.78, 5) is 23.5. The lowest BCUT2D eigenvalue weighted by atomic mass is 10.3. The molecule has 19 heavy (non-hydrogen) atoms. The number of rotatable bonds is 4. The second-order valence-corrected chi connectivity index (χ2v) is 3.90. The molecule has 0 aliphatic heterocycles. The van der Waals surface area contributed by atoms with E-state index >= 15 is 0 Å². The number of nitrogens with one attached hydrogen (secondary N) is 1. The first-order valence-electron chi connectivity index (χ1n) is 5.47. The van der Waals surface area contributed by atoms with E-state index in [0.29, 0.717) is 5.69 Å². The first-order valence-corrected chi connectivity index (χ1v) is 5.47. The summed E-state index contributed by atoms with van der Waals surface area (Å²) in [7, 11) is 2.66. The van der Waals surface area contributed by atoms with Gasteiger partial charge in [-0.15, -0.1) is 0 Å². The number of carboxylic acid groups (broad SMARTS) is 1. The average molecular weight is 270 g/mol. The molecule has 0 spiro atoms. The second kappa shape index (κ2) is 6.03. The number of likely N-dealkylation sites (N-methyl/N-ethyl adjacent to an activating group) is 1. The maximum absolute atomic E-state index is 13.2. The number of carbonyl (C=O) groups is 2. The maximum atomic E-state index is 13.2. The Morgan fingerprint density at radius 1 is 1.47 bits per heavy atom. The Balaban J connectivity index is 2.79. The molecule has 1 rings (SSSR count). The summed E-state index contributed by atoms with van der Waals surface area (Å²) in [6.45, 7) is 1.38. The van der Waals surface area contributed by atoms with Gasteiger partial charge in [0.25, 0.3) is 0 Å². The topological polar surface area (TPSA) is 78.9 Å². The number of carbonyl (C=O) groups excluding carboxylic acids is 1. The maximum Gasteiger partial charge on any atom is 0.326 e. The molecule has 7 heteroatoms. The number of halogens is 1. The van der Waals surface area contributed by atoms with Crippen LogP contribution in [-0.2, 0) is 4.79 Å². The zero-order chi connectivity index (χ0) is 14.6. The standard InChI is InChI=1S/C12H15FN2O4/c1-7(11(16)17)15(2)12(18)14-8-4-5-9(13)10(6-8)19-3/h4-7H,1-3H3,(H,14,18)(H,16,17). The molecule has 1 aromatic carbocycles. The van der Waals surface area contributed by atoms with E-state index in [2.05, 4.69) is 5.32 Å². The zero-order valence-electron chi connectivity index (χ0n) is 10.8. The second-order valence-electron chi connectivity index (χ2n) is 3.90. The van der Waals surface area contributed by atoms with Crippen LogP contribution in [0.1, 0.15) is 6.92 Å². The number of carboxylic acids is 1. The minimum absolute atomic E-state index is 0.00765. The summed E-state index contributed by atoms with van der Waals surface area (Å²) in [5, 5.41) is 11.3. The molecular formula is C12H15FN2O4. The molecule has 1 atom stereocenters. The highest BCUT2D eigenvalue weighted by Crippen LogP contribution is 2.21. The molecule has 6 nitrogen and oxygen atoms in total. The molecule has 0 fully saturated rings. The molecule has 1 unspecified atom stereocenters. The van der Waals surface area contributed by atoms with E-state index in [0.717, 1.165) is 11.0 Å². The van der Waals surface area contributed by atoms with Crippen molar-refractivity contribution < 1.29 is 23.8 Å². The minimum atomic E-state index is -1.12. The number of aliphatic carboxylic acids is 1. The number of urea groups is 1. The van der Waals surface area contributed by atoms with Crippen LogP contribution in [0.5, 0.6) is 5.75 Å². The molecule has 2 amide bonds. The van der Waals surface area contributed by atoms with E-state index in [9.17, 15) is 14.0 Å². The van der Waals surface area contributed by atoms with Crippen LogP contribution < -0.4 is 10.1 Å². The Morgan fingerprint density at radius 3 is 2.63 bits per heavy atom. The van der Waals surface area contributed by atoms with Gasteiger partial charge in [-0.2, -0.15) is 0 Å². The quantitative estimate of drug-likeness (QED) is 0.874. The van der Waals surface area contributed by atoms with Crippen molar-refractivity contribution in [2.75, 3.05) is 19.5 Å². The highest BCUT2D eigenvalue weighted by molar-refractivity contribution is 5.92. The van der Waals surface area contributed by atoms with Gasteiger partial charge in [-0.3, -0.25) is 0 Å². The predicted molar refractivity (Wildman–Crippen MR) is 66.8 cm³/mol. The fourth-order valence-electron chi connectivity index (χ4n) is 1.29. The van der Waals surface area contributed by atoms with Gasteiger partial charge >= 0.3 is 12.0 Å². The molecule has 0 aliphatic rings. The fraction of sp³-hybridized carbons (Fsp3) is 0.333. The summed E-state index contributed by atoms with van der Waals surface area (Å²) in [6.07, 6.45) is 0. The highest BCUT2D eigenvalue weighted by Gasteiger charge is 2.21. The van der Waals surface area contributed by atoms with Crippen molar-refractivity contribution in [3.05, 3.63) is 24.0 Å². The summed E-state index contributed by atoms with van der Waals surface area (Å²) in [5.74, 6) is -1.67. The number of amides is 2. The Labute approximate surface area is 109 Å². The first kappa shape index (κ1) is 14.7. The van der Waals surface area contributed by atoms with Crippen molar-refractivity contribution in [3.8, 4) is 5.75 Å². The number of benzene rings is 1. The molecule has 0 saturated heterocycles. The lowest BCUT2D eigenvalue weighted by molar-refractivity contribution is -0.141. The number of methoxy groups -OCH3 is 1. The smallest absolute Gasteiger partial charge is 0.326 e. The van der Waals surface area contributed by atoms with Crippen LogP contribution in [0, 0.1) is 5.82 Å². The molecule has 0 aliphatic carbocycles. The number of hydrogen-bond donors (Lipinski definition) is 2. The fourth-order valence-corrected chi connectivity index (χ4v) is 1.29. The van der Waals surface area contributed by atoms with Crippen LogP contribution >= 0.6 is 0 Å². The summed E-state index contributed by atoms with van der Waals surface area (Å²) >= 11 is 0. The first-order chi connectivity index (χ1) is 8.86. The molecule has 1 aromatic rings. The van der Waals surface area contributed by atoms with Gasteiger partial charge in [0.2, 0.25) is 0 Å². The van der Waals surface area contributed by atoms with Crippen LogP contribution in [-0.4, -0.2) is 42.2 Å². The Kier molecular flexibility index (Phi) is 4.68. The Hall–Kier alpha value is -2.31. The van der Waals surface area contributed by atoms with Crippen molar-refractivity contribution >= 4 is 17.7 Å². The van der Waals surface area contributed by atoms with E-state index in [1.807, 2.05) is 0 Å². The number of hydrogen-bond acceptors (Lipinski definition) is 3. The number of nitrogens with zero attached hydrogens (tertiary/aromatic N) is 1. The molecular weight excluding hydrogens is 255 g/mol. The van der Waals surface area contributed by atoms with Crippen LogP contribution in [0.4, 0.5) is 14.9 Å². The van der Waals surface area contributed by atoms with Crippen molar-refractivity contribution in [3.63, 3.8) is 0 Å². The predicted octanol–water partition coefficient (Wildman–Crippen LogP) is 1.77. The molecule has 0 bridgehead atoms. The Morgan fingerprint density at radius 2 is 2.11 bits per heavy atom. The van der Waals surface area contributed by atoms with Gasteiger partial charge in [-0.1, -0.05) is 0 Å². The van der Waals surface area contributed by atoms with E-state index in [1.54, 1.807) is 0 Å². The van der Waals surface area contributed by atoms with Gasteiger partial charge in [0.1, 0.15) is 6.04 Å². The summed E-state index contributed by atoms with van der Waals surface area (Å²) in [5.41, 5.74) is 0.313. The van der Waals surface area contributed by atoms with E-state index in [4.69, 9.17) is 9.84 Å². The van der Waals surface area contributed by atoms with Crippen molar-refractivity contribution in [2.45, 2.75) is 13.0 Å².